The summed E-state index contributed by atoms with van der Waals surface area (Å²) in [6, 6.07) is 5.64. The number of methoxy groups -OCH3 is 1. The Balaban J connectivity index is 1.81. The molecule has 0 bridgehead atoms. The van der Waals surface area contributed by atoms with Crippen LogP contribution in [0.2, 0.25) is 0 Å². The normalized spacial score (nSPS) is 15.6. The standard InChI is InChI=1S/C15H18N2O3/c1-19-12-2-3-14-13(9-12)11(10-20-14)8-15(18)17-6-4-16-5-7-17/h2-3,9-10,16H,4-8H2,1H3. The largest absolute Gasteiger partial charge is 0.497 e. The molecule has 0 radical (unpaired) electrons. The molecule has 0 atom stereocenters. The van der Waals surface area contributed by atoms with Crippen LogP contribution >= 0.6 is 0 Å². The van der Waals surface area contributed by atoms with Gasteiger partial charge in [-0.2, -0.15) is 0 Å². The third-order valence-electron chi connectivity index (χ3n) is 3.67. The molecule has 5 nitrogen and oxygen atoms in total. The van der Waals surface area contributed by atoms with Gasteiger partial charge in [-0.15, -0.1) is 0 Å². The Morgan fingerprint density at radius 2 is 2.20 bits per heavy atom. The number of fused-ring (bicyclic) bond motifs is 1. The fraction of sp³-hybridized carbons (Fsp3) is 0.400. The quantitative estimate of drug-likeness (QED) is 0.919. The summed E-state index contributed by atoms with van der Waals surface area (Å²) in [5, 5.41) is 4.20. The van der Waals surface area contributed by atoms with Crippen molar-refractivity contribution in [3.63, 3.8) is 0 Å². The molecule has 1 saturated heterocycles. The molecule has 5 heteroatoms. The van der Waals surface area contributed by atoms with Gasteiger partial charge < -0.3 is 19.4 Å². The van der Waals surface area contributed by atoms with Crippen molar-refractivity contribution in [3.8, 4) is 5.75 Å². The zero-order valence-corrected chi connectivity index (χ0v) is 11.5. The van der Waals surface area contributed by atoms with Crippen LogP contribution in [0, 0.1) is 0 Å². The molecule has 1 fully saturated rings. The van der Waals surface area contributed by atoms with Gasteiger partial charge in [-0.05, 0) is 18.2 Å². The van der Waals surface area contributed by atoms with Crippen LogP contribution in [0.4, 0.5) is 0 Å². The first-order valence-electron chi connectivity index (χ1n) is 6.80. The van der Waals surface area contributed by atoms with Crippen molar-refractivity contribution in [2.24, 2.45) is 0 Å². The van der Waals surface area contributed by atoms with Crippen LogP contribution in [0.5, 0.6) is 5.75 Å². The van der Waals surface area contributed by atoms with Gasteiger partial charge >= 0.3 is 0 Å². The van der Waals surface area contributed by atoms with Crippen molar-refractivity contribution < 1.29 is 13.9 Å². The van der Waals surface area contributed by atoms with Crippen LogP contribution in [0.1, 0.15) is 5.56 Å². The Kier molecular flexibility index (Phi) is 3.60. The second kappa shape index (κ2) is 5.54. The minimum atomic E-state index is 0.150. The van der Waals surface area contributed by atoms with Gasteiger partial charge in [0.15, 0.2) is 0 Å². The molecular weight excluding hydrogens is 256 g/mol. The van der Waals surface area contributed by atoms with E-state index >= 15 is 0 Å². The number of carbonyl (C=O) groups is 1. The number of carbonyl (C=O) groups excluding carboxylic acids is 1. The maximum Gasteiger partial charge on any atom is 0.227 e. The average Bonchev–Trinajstić information content (AvgIpc) is 2.90. The van der Waals surface area contributed by atoms with Crippen LogP contribution in [-0.4, -0.2) is 44.1 Å². The molecule has 1 N–H and O–H groups in total. The summed E-state index contributed by atoms with van der Waals surface area (Å²) < 4.78 is 10.7. The van der Waals surface area contributed by atoms with Crippen molar-refractivity contribution in [3.05, 3.63) is 30.0 Å². The Morgan fingerprint density at radius 1 is 1.40 bits per heavy atom. The molecule has 106 valence electrons. The Labute approximate surface area is 117 Å². The molecule has 1 aromatic carbocycles. The molecule has 2 aromatic rings. The van der Waals surface area contributed by atoms with E-state index in [4.69, 9.17) is 9.15 Å². The third-order valence-corrected chi connectivity index (χ3v) is 3.67. The van der Waals surface area contributed by atoms with E-state index in [0.29, 0.717) is 6.42 Å². The van der Waals surface area contributed by atoms with Gasteiger partial charge in [0, 0.05) is 37.1 Å². The van der Waals surface area contributed by atoms with Gasteiger partial charge in [-0.1, -0.05) is 0 Å². The van der Waals surface area contributed by atoms with Gasteiger partial charge in [0.05, 0.1) is 19.8 Å². The highest BCUT2D eigenvalue weighted by molar-refractivity contribution is 5.88. The number of rotatable bonds is 3. The number of benzene rings is 1. The lowest BCUT2D eigenvalue weighted by atomic mass is 10.1. The second-order valence-corrected chi connectivity index (χ2v) is 4.93. The molecule has 1 aromatic heterocycles. The summed E-state index contributed by atoms with van der Waals surface area (Å²) in [5.41, 5.74) is 1.70. The van der Waals surface area contributed by atoms with Crippen LogP contribution in [0.3, 0.4) is 0 Å². The molecule has 20 heavy (non-hydrogen) atoms. The zero-order chi connectivity index (χ0) is 13.9. The molecule has 0 spiro atoms. The lowest BCUT2D eigenvalue weighted by Crippen LogP contribution is -2.46. The highest BCUT2D eigenvalue weighted by atomic mass is 16.5. The molecule has 1 aliphatic rings. The third kappa shape index (κ3) is 2.49. The molecule has 3 rings (SSSR count). The van der Waals surface area contributed by atoms with Crippen LogP contribution in [0.25, 0.3) is 11.0 Å². The van der Waals surface area contributed by atoms with Crippen molar-refractivity contribution in [1.82, 2.24) is 10.2 Å². The monoisotopic (exact) mass is 274 g/mol. The predicted molar refractivity (Wildman–Crippen MR) is 75.9 cm³/mol. The number of amides is 1. The smallest absolute Gasteiger partial charge is 0.227 e. The van der Waals surface area contributed by atoms with Gasteiger partial charge in [0.25, 0.3) is 0 Å². The number of furan rings is 1. The first kappa shape index (κ1) is 13.0. The van der Waals surface area contributed by atoms with E-state index in [0.717, 1.165) is 48.5 Å². The van der Waals surface area contributed by atoms with Gasteiger partial charge in [-0.3, -0.25) is 4.79 Å². The summed E-state index contributed by atoms with van der Waals surface area (Å²) in [7, 11) is 1.63. The summed E-state index contributed by atoms with van der Waals surface area (Å²) >= 11 is 0. The molecular formula is C15H18N2O3. The van der Waals surface area contributed by atoms with Crippen molar-refractivity contribution in [1.29, 1.82) is 0 Å². The topological polar surface area (TPSA) is 54.7 Å². The summed E-state index contributed by atoms with van der Waals surface area (Å²) in [5.74, 6) is 0.923. The maximum atomic E-state index is 12.3. The first-order valence-corrected chi connectivity index (χ1v) is 6.80. The van der Waals surface area contributed by atoms with Crippen LogP contribution in [-0.2, 0) is 11.2 Å². The lowest BCUT2D eigenvalue weighted by molar-refractivity contribution is -0.131. The highest BCUT2D eigenvalue weighted by Gasteiger charge is 2.18. The van der Waals surface area contributed by atoms with Gasteiger partial charge in [0.1, 0.15) is 11.3 Å². The van der Waals surface area contributed by atoms with Crippen molar-refractivity contribution in [2.45, 2.75) is 6.42 Å². The summed E-state index contributed by atoms with van der Waals surface area (Å²) in [6.07, 6.45) is 2.05. The van der Waals surface area contributed by atoms with E-state index in [1.54, 1.807) is 13.4 Å². The number of nitrogens with one attached hydrogen (secondary N) is 1. The van der Waals surface area contributed by atoms with Gasteiger partial charge in [-0.25, -0.2) is 0 Å². The second-order valence-electron chi connectivity index (χ2n) is 4.93. The highest BCUT2D eigenvalue weighted by Crippen LogP contribution is 2.26. The van der Waals surface area contributed by atoms with Gasteiger partial charge in [0.2, 0.25) is 5.91 Å². The minimum Gasteiger partial charge on any atom is -0.497 e. The average molecular weight is 274 g/mol. The zero-order valence-electron chi connectivity index (χ0n) is 11.5. The van der Waals surface area contributed by atoms with E-state index in [1.807, 2.05) is 23.1 Å². The van der Waals surface area contributed by atoms with E-state index in [2.05, 4.69) is 5.32 Å². The van der Waals surface area contributed by atoms with Crippen molar-refractivity contribution >= 4 is 16.9 Å². The predicted octanol–water partition coefficient (Wildman–Crippen LogP) is 1.42. The van der Waals surface area contributed by atoms with E-state index in [-0.39, 0.29) is 5.91 Å². The van der Waals surface area contributed by atoms with Crippen LogP contribution in [0.15, 0.2) is 28.9 Å². The van der Waals surface area contributed by atoms with E-state index in [1.165, 1.54) is 0 Å². The molecule has 2 heterocycles. The number of hydrogen-bond donors (Lipinski definition) is 1. The number of piperazine rings is 1. The molecule has 1 aliphatic heterocycles. The van der Waals surface area contributed by atoms with E-state index < -0.39 is 0 Å². The number of ether oxygens (including phenoxy) is 1. The Bertz CT molecular complexity index is 615. The van der Waals surface area contributed by atoms with Crippen LogP contribution < -0.4 is 10.1 Å². The summed E-state index contributed by atoms with van der Waals surface area (Å²) in [6.45, 7) is 3.28. The first-order chi connectivity index (χ1) is 9.78. The summed E-state index contributed by atoms with van der Waals surface area (Å²) in [4.78, 5) is 14.2. The number of hydrogen-bond acceptors (Lipinski definition) is 4. The van der Waals surface area contributed by atoms with E-state index in [9.17, 15) is 4.79 Å². The van der Waals surface area contributed by atoms with Crippen molar-refractivity contribution in [2.75, 3.05) is 33.3 Å². The maximum absolute atomic E-state index is 12.3. The minimum absolute atomic E-state index is 0.150. The fourth-order valence-corrected chi connectivity index (χ4v) is 2.51. The lowest BCUT2D eigenvalue weighted by Gasteiger charge is -2.27. The molecule has 1 amide bonds. The molecule has 0 saturated carbocycles. The molecule has 0 aliphatic carbocycles. The number of nitrogens with zero attached hydrogens (tertiary/aromatic N) is 1. The SMILES string of the molecule is COc1ccc2occ(CC(=O)N3CCNCC3)c2c1. The molecule has 0 unspecified atom stereocenters. The Hall–Kier alpha value is -2.01. The Morgan fingerprint density at radius 3 is 2.95 bits per heavy atom. The fourth-order valence-electron chi connectivity index (χ4n) is 2.51.